The molecule has 1 aliphatic rings. The molecule has 0 heterocycles. The molecule has 0 amide bonds. The van der Waals surface area contributed by atoms with Crippen LogP contribution < -0.4 is 0 Å². The van der Waals surface area contributed by atoms with Gasteiger partial charge >= 0.3 is 0 Å². The molecule has 0 saturated heterocycles. The van der Waals surface area contributed by atoms with Crippen molar-refractivity contribution in [1.82, 2.24) is 0 Å². The lowest BCUT2D eigenvalue weighted by molar-refractivity contribution is 0.184. The maximum atomic E-state index is 12.9. The lowest BCUT2D eigenvalue weighted by Crippen LogP contribution is -2.13. The topological polar surface area (TPSA) is 0 Å². The Morgan fingerprint density at radius 3 is 2.20 bits per heavy atom. The largest absolute Gasteiger partial charge is 0.245 e. The fourth-order valence-corrected chi connectivity index (χ4v) is 1.06. The van der Waals surface area contributed by atoms with Crippen molar-refractivity contribution in [3.8, 4) is 0 Å². The Bertz CT molecular complexity index is 112. The van der Waals surface area contributed by atoms with Crippen molar-refractivity contribution in [2.75, 3.05) is 0 Å². The van der Waals surface area contributed by atoms with Crippen LogP contribution in [0, 0.1) is 5.41 Å². The van der Waals surface area contributed by atoms with Crippen LogP contribution in [0.15, 0.2) is 0 Å². The number of alkyl halides is 1. The van der Waals surface area contributed by atoms with E-state index in [1.54, 1.807) is 13.8 Å². The average molecular weight is 144 g/mol. The van der Waals surface area contributed by atoms with Crippen LogP contribution >= 0.6 is 0 Å². The summed E-state index contributed by atoms with van der Waals surface area (Å²) in [5, 5.41) is 0. The van der Waals surface area contributed by atoms with Crippen LogP contribution in [0.25, 0.3) is 0 Å². The summed E-state index contributed by atoms with van der Waals surface area (Å²) in [6.45, 7) is 5.58. The number of rotatable bonds is 3. The molecule has 0 spiro atoms. The highest BCUT2D eigenvalue weighted by Gasteiger charge is 2.37. The molecule has 0 radical (unpaired) electrons. The fraction of sp³-hybridized carbons (Fsp3) is 1.00. The highest BCUT2D eigenvalue weighted by molar-refractivity contribution is 4.89. The van der Waals surface area contributed by atoms with Crippen LogP contribution in [0.2, 0.25) is 0 Å². The third-order valence-electron chi connectivity index (χ3n) is 2.43. The van der Waals surface area contributed by atoms with Crippen molar-refractivity contribution in [3.63, 3.8) is 0 Å². The van der Waals surface area contributed by atoms with Crippen molar-refractivity contribution < 1.29 is 4.39 Å². The predicted molar refractivity (Wildman–Crippen MR) is 41.8 cm³/mol. The summed E-state index contributed by atoms with van der Waals surface area (Å²) >= 11 is 0. The first-order valence-electron chi connectivity index (χ1n) is 4.10. The van der Waals surface area contributed by atoms with Crippen LogP contribution in [0.1, 0.15) is 46.5 Å². The molecule has 1 aliphatic carbocycles. The lowest BCUT2D eigenvalue weighted by atomic mass is 9.95. The van der Waals surface area contributed by atoms with Gasteiger partial charge in [0.2, 0.25) is 0 Å². The summed E-state index contributed by atoms with van der Waals surface area (Å²) in [4.78, 5) is 0. The number of hydrogen-bond acceptors (Lipinski definition) is 0. The molecule has 10 heavy (non-hydrogen) atoms. The first kappa shape index (κ1) is 8.03. The lowest BCUT2D eigenvalue weighted by Gasteiger charge is -2.16. The molecular formula is C9H17F. The van der Waals surface area contributed by atoms with Crippen LogP contribution in [0.5, 0.6) is 0 Å². The van der Waals surface area contributed by atoms with E-state index in [9.17, 15) is 4.39 Å². The molecule has 60 valence electrons. The molecule has 0 unspecified atom stereocenters. The molecular weight excluding hydrogens is 127 g/mol. The van der Waals surface area contributed by atoms with Crippen molar-refractivity contribution >= 4 is 0 Å². The Labute approximate surface area is 62.8 Å². The van der Waals surface area contributed by atoms with Crippen LogP contribution in [-0.4, -0.2) is 5.67 Å². The average Bonchev–Trinajstić information content (AvgIpc) is 2.43. The predicted octanol–water partition coefficient (Wildman–Crippen LogP) is 3.31. The smallest absolute Gasteiger partial charge is 0.105 e. The van der Waals surface area contributed by atoms with Gasteiger partial charge in [-0.25, -0.2) is 4.39 Å². The van der Waals surface area contributed by atoms with E-state index in [1.807, 2.05) is 0 Å². The maximum absolute atomic E-state index is 12.9. The molecule has 0 aromatic carbocycles. The summed E-state index contributed by atoms with van der Waals surface area (Å²) < 4.78 is 12.9. The van der Waals surface area contributed by atoms with E-state index in [0.717, 1.165) is 12.8 Å². The van der Waals surface area contributed by atoms with Gasteiger partial charge in [0, 0.05) is 0 Å². The zero-order chi connectivity index (χ0) is 7.83. The first-order valence-corrected chi connectivity index (χ1v) is 4.10. The van der Waals surface area contributed by atoms with Gasteiger partial charge in [-0.05, 0) is 44.9 Å². The number of hydrogen-bond donors (Lipinski definition) is 0. The Hall–Kier alpha value is -0.0700. The van der Waals surface area contributed by atoms with Crippen LogP contribution in [0.4, 0.5) is 4.39 Å². The second-order valence-electron chi connectivity index (χ2n) is 4.53. The SMILES string of the molecule is CC(C)(F)CCC1(C)CC1. The summed E-state index contributed by atoms with van der Waals surface area (Å²) in [5.74, 6) is 0. The van der Waals surface area contributed by atoms with E-state index in [1.165, 1.54) is 12.8 Å². The third kappa shape index (κ3) is 2.68. The molecule has 0 aliphatic heterocycles. The summed E-state index contributed by atoms with van der Waals surface area (Å²) in [7, 11) is 0. The Morgan fingerprint density at radius 1 is 1.40 bits per heavy atom. The van der Waals surface area contributed by atoms with Gasteiger partial charge in [0.15, 0.2) is 0 Å². The molecule has 1 heteroatoms. The van der Waals surface area contributed by atoms with E-state index >= 15 is 0 Å². The second-order valence-corrected chi connectivity index (χ2v) is 4.53. The molecule has 0 bridgehead atoms. The molecule has 1 saturated carbocycles. The highest BCUT2D eigenvalue weighted by atomic mass is 19.1. The summed E-state index contributed by atoms with van der Waals surface area (Å²) in [6, 6.07) is 0. The minimum absolute atomic E-state index is 0.517. The van der Waals surface area contributed by atoms with Gasteiger partial charge in [-0.2, -0.15) is 0 Å². The monoisotopic (exact) mass is 144 g/mol. The van der Waals surface area contributed by atoms with E-state index in [-0.39, 0.29) is 0 Å². The zero-order valence-corrected chi connectivity index (χ0v) is 7.21. The number of halogens is 1. The van der Waals surface area contributed by atoms with Crippen molar-refractivity contribution in [2.24, 2.45) is 5.41 Å². The van der Waals surface area contributed by atoms with E-state index < -0.39 is 5.67 Å². The van der Waals surface area contributed by atoms with Crippen molar-refractivity contribution in [1.29, 1.82) is 0 Å². The van der Waals surface area contributed by atoms with Gasteiger partial charge in [-0.1, -0.05) is 6.92 Å². The quantitative estimate of drug-likeness (QED) is 0.570. The van der Waals surface area contributed by atoms with Gasteiger partial charge in [-0.15, -0.1) is 0 Å². The standard InChI is InChI=1S/C9H17F/c1-8(2,10)4-5-9(3)6-7-9/h4-7H2,1-3H3. The fourth-order valence-electron chi connectivity index (χ4n) is 1.06. The summed E-state index contributed by atoms with van der Waals surface area (Å²) in [6.07, 6.45) is 4.41. The molecule has 0 aromatic heterocycles. The Morgan fingerprint density at radius 2 is 1.90 bits per heavy atom. The minimum atomic E-state index is -0.953. The van der Waals surface area contributed by atoms with Gasteiger partial charge in [0.1, 0.15) is 5.67 Å². The van der Waals surface area contributed by atoms with E-state index in [0.29, 0.717) is 5.41 Å². The van der Waals surface area contributed by atoms with Crippen LogP contribution in [0.3, 0.4) is 0 Å². The zero-order valence-electron chi connectivity index (χ0n) is 7.21. The first-order chi connectivity index (χ1) is 4.41. The Balaban J connectivity index is 2.17. The summed E-state index contributed by atoms with van der Waals surface area (Å²) in [5.41, 5.74) is -0.436. The normalized spacial score (nSPS) is 22.8. The van der Waals surface area contributed by atoms with Crippen molar-refractivity contribution in [2.45, 2.75) is 52.1 Å². The molecule has 0 aromatic rings. The molecule has 0 nitrogen and oxygen atoms in total. The Kier molecular flexibility index (Phi) is 1.78. The van der Waals surface area contributed by atoms with Gasteiger partial charge in [-0.3, -0.25) is 0 Å². The minimum Gasteiger partial charge on any atom is -0.245 e. The second kappa shape index (κ2) is 2.21. The highest BCUT2D eigenvalue weighted by Crippen LogP contribution is 2.49. The van der Waals surface area contributed by atoms with E-state index in [4.69, 9.17) is 0 Å². The van der Waals surface area contributed by atoms with Crippen LogP contribution in [-0.2, 0) is 0 Å². The maximum Gasteiger partial charge on any atom is 0.105 e. The van der Waals surface area contributed by atoms with Crippen molar-refractivity contribution in [3.05, 3.63) is 0 Å². The van der Waals surface area contributed by atoms with Gasteiger partial charge < -0.3 is 0 Å². The molecule has 1 fully saturated rings. The molecule has 1 rings (SSSR count). The third-order valence-corrected chi connectivity index (χ3v) is 2.43. The van der Waals surface area contributed by atoms with E-state index in [2.05, 4.69) is 6.92 Å². The van der Waals surface area contributed by atoms with Gasteiger partial charge in [0.25, 0.3) is 0 Å². The molecule has 0 atom stereocenters. The molecule has 0 N–H and O–H groups in total. The van der Waals surface area contributed by atoms with Gasteiger partial charge in [0.05, 0.1) is 0 Å².